The van der Waals surface area contributed by atoms with Crippen molar-refractivity contribution in [2.24, 2.45) is 4.99 Å². The lowest BCUT2D eigenvalue weighted by Crippen LogP contribution is -2.38. The first-order valence-corrected chi connectivity index (χ1v) is 8.85. The highest BCUT2D eigenvalue weighted by molar-refractivity contribution is 14.0. The Balaban J connectivity index is 0.00000225. The van der Waals surface area contributed by atoms with Gasteiger partial charge < -0.3 is 10.6 Å². The number of aryl methyl sites for hydroxylation is 1. The van der Waals surface area contributed by atoms with Crippen molar-refractivity contribution in [1.82, 2.24) is 15.6 Å². The lowest BCUT2D eigenvalue weighted by Gasteiger charge is -2.19. The van der Waals surface area contributed by atoms with E-state index in [4.69, 9.17) is 0 Å². The topological polar surface area (TPSA) is 49.3 Å². The maximum Gasteiger partial charge on any atom is 0.191 e. The molecule has 1 unspecified atom stereocenters. The summed E-state index contributed by atoms with van der Waals surface area (Å²) < 4.78 is 0. The van der Waals surface area contributed by atoms with Crippen molar-refractivity contribution in [3.8, 4) is 0 Å². The molecule has 0 fully saturated rings. The molecular weight excluding hydrogens is 443 g/mol. The van der Waals surface area contributed by atoms with E-state index < -0.39 is 0 Å². The summed E-state index contributed by atoms with van der Waals surface area (Å²) in [6, 6.07) is 15.0. The second kappa shape index (κ2) is 9.15. The Morgan fingerprint density at radius 2 is 1.96 bits per heavy atom. The van der Waals surface area contributed by atoms with Crippen molar-refractivity contribution in [1.29, 1.82) is 0 Å². The standard InChI is InChI=1S/C19H22N4S.HI/c1-13-11-21-18(24-13)12-22-19(20-3)23-14(2)16-10-6-8-15-7-4-5-9-17(15)16;/h4-11,14H,12H2,1-3H3,(H2,20,22,23);1H. The van der Waals surface area contributed by atoms with Gasteiger partial charge in [-0.15, -0.1) is 35.3 Å². The number of thiazole rings is 1. The van der Waals surface area contributed by atoms with Crippen LogP contribution in [0.25, 0.3) is 10.8 Å². The number of nitrogens with zero attached hydrogens (tertiary/aromatic N) is 2. The Bertz CT molecular complexity index is 854. The summed E-state index contributed by atoms with van der Waals surface area (Å²) in [7, 11) is 1.79. The lowest BCUT2D eigenvalue weighted by molar-refractivity contribution is 0.689. The van der Waals surface area contributed by atoms with E-state index in [2.05, 4.69) is 76.9 Å². The monoisotopic (exact) mass is 466 g/mol. The van der Waals surface area contributed by atoms with E-state index in [1.807, 2.05) is 6.20 Å². The van der Waals surface area contributed by atoms with Gasteiger partial charge in [-0.05, 0) is 30.2 Å². The second-order valence-corrected chi connectivity index (χ2v) is 7.04. The van der Waals surface area contributed by atoms with E-state index in [1.54, 1.807) is 18.4 Å². The van der Waals surface area contributed by atoms with Gasteiger partial charge in [-0.25, -0.2) is 4.98 Å². The molecule has 0 saturated carbocycles. The Kier molecular flexibility index (Phi) is 7.19. The molecule has 1 atom stereocenters. The van der Waals surface area contributed by atoms with Crippen LogP contribution in [0.3, 0.4) is 0 Å². The fraction of sp³-hybridized carbons (Fsp3) is 0.263. The van der Waals surface area contributed by atoms with E-state index >= 15 is 0 Å². The molecule has 1 aromatic heterocycles. The molecule has 0 radical (unpaired) electrons. The number of aliphatic imine (C=N–C) groups is 1. The number of aromatic nitrogens is 1. The van der Waals surface area contributed by atoms with Gasteiger partial charge in [0.2, 0.25) is 0 Å². The van der Waals surface area contributed by atoms with Crippen LogP contribution in [0, 0.1) is 6.92 Å². The molecule has 4 nitrogen and oxygen atoms in total. The molecule has 2 N–H and O–H groups in total. The van der Waals surface area contributed by atoms with Gasteiger partial charge in [0, 0.05) is 18.1 Å². The van der Waals surface area contributed by atoms with Crippen LogP contribution in [0.2, 0.25) is 0 Å². The van der Waals surface area contributed by atoms with Crippen molar-refractivity contribution in [2.45, 2.75) is 26.4 Å². The molecule has 1 heterocycles. The molecule has 3 rings (SSSR count). The van der Waals surface area contributed by atoms with Gasteiger partial charge in [-0.2, -0.15) is 0 Å². The van der Waals surface area contributed by atoms with Crippen molar-refractivity contribution >= 4 is 52.0 Å². The second-order valence-electron chi connectivity index (χ2n) is 5.72. The molecule has 0 amide bonds. The van der Waals surface area contributed by atoms with Crippen LogP contribution in [0.5, 0.6) is 0 Å². The number of nitrogens with one attached hydrogen (secondary N) is 2. The zero-order valence-electron chi connectivity index (χ0n) is 14.6. The first kappa shape index (κ1) is 19.7. The van der Waals surface area contributed by atoms with Gasteiger partial charge in [-0.1, -0.05) is 42.5 Å². The number of halogens is 1. The molecular formula is C19H23IN4S. The average Bonchev–Trinajstić information content (AvgIpc) is 3.03. The fourth-order valence-electron chi connectivity index (χ4n) is 2.75. The summed E-state index contributed by atoms with van der Waals surface area (Å²) in [4.78, 5) is 9.92. The van der Waals surface area contributed by atoms with Gasteiger partial charge in [0.15, 0.2) is 5.96 Å². The molecule has 0 spiro atoms. The molecule has 2 aromatic carbocycles. The predicted molar refractivity (Wildman–Crippen MR) is 118 cm³/mol. The molecule has 6 heteroatoms. The summed E-state index contributed by atoms with van der Waals surface area (Å²) in [5.74, 6) is 0.781. The lowest BCUT2D eigenvalue weighted by atomic mass is 10.00. The van der Waals surface area contributed by atoms with Gasteiger partial charge in [-0.3, -0.25) is 4.99 Å². The zero-order valence-corrected chi connectivity index (χ0v) is 17.8. The molecule has 132 valence electrons. The summed E-state index contributed by atoms with van der Waals surface area (Å²) in [6.45, 7) is 4.90. The SMILES string of the molecule is CN=C(NCc1ncc(C)s1)NC(C)c1cccc2ccccc12.I. The number of rotatable bonds is 4. The summed E-state index contributed by atoms with van der Waals surface area (Å²) in [5.41, 5.74) is 1.26. The van der Waals surface area contributed by atoms with E-state index in [9.17, 15) is 0 Å². The minimum atomic E-state index is 0. The summed E-state index contributed by atoms with van der Waals surface area (Å²) in [5, 5.41) is 10.4. The first-order chi connectivity index (χ1) is 11.7. The Morgan fingerprint density at radius 3 is 2.68 bits per heavy atom. The smallest absolute Gasteiger partial charge is 0.191 e. The highest BCUT2D eigenvalue weighted by atomic mass is 127. The van der Waals surface area contributed by atoms with Crippen LogP contribution < -0.4 is 10.6 Å². The van der Waals surface area contributed by atoms with Crippen LogP contribution >= 0.6 is 35.3 Å². The van der Waals surface area contributed by atoms with E-state index in [1.165, 1.54) is 21.2 Å². The van der Waals surface area contributed by atoms with Crippen molar-refractivity contribution in [2.75, 3.05) is 7.05 Å². The fourth-order valence-corrected chi connectivity index (χ4v) is 3.47. The first-order valence-electron chi connectivity index (χ1n) is 8.03. The van der Waals surface area contributed by atoms with Crippen LogP contribution in [-0.4, -0.2) is 18.0 Å². The quantitative estimate of drug-likeness (QED) is 0.335. The predicted octanol–water partition coefficient (Wildman–Crippen LogP) is 4.65. The van der Waals surface area contributed by atoms with E-state index in [0.29, 0.717) is 6.54 Å². The minimum Gasteiger partial charge on any atom is -0.350 e. The molecule has 0 saturated heterocycles. The van der Waals surface area contributed by atoms with Crippen LogP contribution in [0.15, 0.2) is 53.7 Å². The zero-order chi connectivity index (χ0) is 16.9. The van der Waals surface area contributed by atoms with E-state index in [0.717, 1.165) is 11.0 Å². The number of fused-ring (bicyclic) bond motifs is 1. The third kappa shape index (κ3) is 4.92. The van der Waals surface area contributed by atoms with Gasteiger partial charge in [0.25, 0.3) is 0 Å². The normalized spacial score (nSPS) is 12.5. The molecule has 25 heavy (non-hydrogen) atoms. The number of benzene rings is 2. The van der Waals surface area contributed by atoms with Gasteiger partial charge >= 0.3 is 0 Å². The Morgan fingerprint density at radius 1 is 1.20 bits per heavy atom. The van der Waals surface area contributed by atoms with Gasteiger partial charge in [0.1, 0.15) is 5.01 Å². The third-order valence-electron chi connectivity index (χ3n) is 3.94. The van der Waals surface area contributed by atoms with Crippen molar-refractivity contribution < 1.29 is 0 Å². The minimum absolute atomic E-state index is 0. The van der Waals surface area contributed by atoms with Crippen LogP contribution in [0.4, 0.5) is 0 Å². The highest BCUT2D eigenvalue weighted by Gasteiger charge is 2.11. The largest absolute Gasteiger partial charge is 0.350 e. The molecule has 0 aliphatic carbocycles. The maximum atomic E-state index is 4.37. The number of hydrogen-bond acceptors (Lipinski definition) is 3. The summed E-state index contributed by atoms with van der Waals surface area (Å²) >= 11 is 1.70. The highest BCUT2D eigenvalue weighted by Crippen LogP contribution is 2.23. The molecule has 3 aromatic rings. The van der Waals surface area contributed by atoms with Crippen LogP contribution in [0.1, 0.15) is 28.4 Å². The third-order valence-corrected chi connectivity index (χ3v) is 4.86. The van der Waals surface area contributed by atoms with Crippen LogP contribution in [-0.2, 0) is 6.54 Å². The van der Waals surface area contributed by atoms with Crippen molar-refractivity contribution in [3.63, 3.8) is 0 Å². The molecule has 0 aliphatic heterocycles. The summed E-state index contributed by atoms with van der Waals surface area (Å²) in [6.07, 6.45) is 1.90. The van der Waals surface area contributed by atoms with Crippen molar-refractivity contribution in [3.05, 3.63) is 64.1 Å². The average molecular weight is 466 g/mol. The number of guanidine groups is 1. The molecule has 0 bridgehead atoms. The maximum absolute atomic E-state index is 4.37. The van der Waals surface area contributed by atoms with Gasteiger partial charge in [0.05, 0.1) is 12.6 Å². The Labute approximate surface area is 169 Å². The number of hydrogen-bond donors (Lipinski definition) is 2. The molecule has 0 aliphatic rings. The van der Waals surface area contributed by atoms with E-state index in [-0.39, 0.29) is 30.0 Å². The Hall–Kier alpha value is -1.67.